The second-order valence-corrected chi connectivity index (χ2v) is 8.22. The Morgan fingerprint density at radius 2 is 2.04 bits per heavy atom. The summed E-state index contributed by atoms with van der Waals surface area (Å²) in [5.74, 6) is 0.163. The van der Waals surface area contributed by atoms with Crippen LogP contribution in [0.25, 0.3) is 11.0 Å². The maximum atomic E-state index is 13.3. The van der Waals surface area contributed by atoms with E-state index in [0.717, 1.165) is 23.9 Å². The second-order valence-electron chi connectivity index (χ2n) is 6.67. The minimum Gasteiger partial charge on any atom is -0.484 e. The van der Waals surface area contributed by atoms with Crippen LogP contribution in [0.5, 0.6) is 5.75 Å². The highest BCUT2D eigenvalue weighted by Crippen LogP contribution is 2.38. The minimum atomic E-state index is -4.42. The third-order valence-electron chi connectivity index (χ3n) is 4.70. The zero-order valence-electron chi connectivity index (χ0n) is 14.8. The van der Waals surface area contributed by atoms with Gasteiger partial charge in [0.05, 0.1) is 32.8 Å². The highest BCUT2D eigenvalue weighted by atomic mass is 32.2. The third kappa shape index (κ3) is 3.89. The maximum Gasteiger partial charge on any atom is 0.422 e. The van der Waals surface area contributed by atoms with E-state index in [2.05, 4.69) is 15.0 Å². The summed E-state index contributed by atoms with van der Waals surface area (Å²) in [6.07, 6.45) is -0.271. The van der Waals surface area contributed by atoms with Crippen LogP contribution in [-0.2, 0) is 17.2 Å². The summed E-state index contributed by atoms with van der Waals surface area (Å²) in [5.41, 5.74) is 2.65. The predicted molar refractivity (Wildman–Crippen MR) is 98.6 cm³/mol. The van der Waals surface area contributed by atoms with E-state index in [9.17, 15) is 17.4 Å². The molecule has 0 aliphatic heterocycles. The van der Waals surface area contributed by atoms with Crippen LogP contribution in [0.1, 0.15) is 35.8 Å². The number of rotatable bonds is 4. The monoisotopic (exact) mass is 409 g/mol. The molecule has 0 radical (unpaired) electrons. The van der Waals surface area contributed by atoms with Crippen molar-refractivity contribution in [3.05, 3.63) is 47.8 Å². The fraction of sp³-hybridized carbons (Fsp3) is 0.368. The molecule has 148 valence electrons. The standard InChI is InChI=1S/C19H18F3N3O2S/c20-19(21,22)11-27-15-9-10-23-17-12(15)5-1-4-8-16(17)28(26)18-24-13-6-2-3-7-14(13)25-18/h2-3,6-7,9-10,16H,1,4-5,8,11H2,(H,24,25)/t16-,28-/m0/s1. The summed E-state index contributed by atoms with van der Waals surface area (Å²) in [7, 11) is -1.51. The highest BCUT2D eigenvalue weighted by Gasteiger charge is 2.32. The lowest BCUT2D eigenvalue weighted by atomic mass is 10.1. The second kappa shape index (κ2) is 7.54. The van der Waals surface area contributed by atoms with Gasteiger partial charge >= 0.3 is 6.18 Å². The number of hydrogen-bond acceptors (Lipinski definition) is 4. The summed E-state index contributed by atoms with van der Waals surface area (Å²) in [6.45, 7) is -1.36. The topological polar surface area (TPSA) is 67.9 Å². The van der Waals surface area contributed by atoms with E-state index in [0.29, 0.717) is 29.3 Å². The number of ether oxygens (including phenoxy) is 1. The number of halogens is 3. The molecule has 1 N–H and O–H groups in total. The largest absolute Gasteiger partial charge is 0.484 e. The number of nitrogens with one attached hydrogen (secondary N) is 1. The van der Waals surface area contributed by atoms with Gasteiger partial charge in [0.2, 0.25) is 0 Å². The molecule has 28 heavy (non-hydrogen) atoms. The van der Waals surface area contributed by atoms with Gasteiger partial charge in [-0.05, 0) is 37.5 Å². The van der Waals surface area contributed by atoms with Gasteiger partial charge in [-0.2, -0.15) is 13.2 Å². The smallest absolute Gasteiger partial charge is 0.422 e. The molecule has 2 aromatic heterocycles. The Kier molecular flexibility index (Phi) is 5.09. The van der Waals surface area contributed by atoms with Crippen molar-refractivity contribution in [2.24, 2.45) is 0 Å². The van der Waals surface area contributed by atoms with E-state index >= 15 is 0 Å². The van der Waals surface area contributed by atoms with Gasteiger partial charge in [0.1, 0.15) is 5.75 Å². The SMILES string of the molecule is O=[S@](c1nc2ccccc2[nH]1)[C@H]1CCCCc2c(OCC(F)(F)F)ccnc21. The molecule has 0 bridgehead atoms. The minimum absolute atomic E-state index is 0.163. The van der Waals surface area contributed by atoms with E-state index in [1.165, 1.54) is 12.3 Å². The van der Waals surface area contributed by atoms with Crippen molar-refractivity contribution in [1.29, 1.82) is 0 Å². The molecule has 0 fully saturated rings. The molecule has 0 amide bonds. The number of pyridine rings is 1. The van der Waals surface area contributed by atoms with Gasteiger partial charge in [-0.25, -0.2) is 4.98 Å². The Morgan fingerprint density at radius 3 is 2.82 bits per heavy atom. The predicted octanol–water partition coefficient (Wildman–Crippen LogP) is 4.47. The Labute approximate surface area is 161 Å². The number of aromatic nitrogens is 3. The molecule has 4 rings (SSSR count). The molecule has 5 nitrogen and oxygen atoms in total. The van der Waals surface area contributed by atoms with Gasteiger partial charge in [-0.3, -0.25) is 9.19 Å². The molecule has 0 saturated carbocycles. The molecule has 0 unspecified atom stereocenters. The summed E-state index contributed by atoms with van der Waals surface area (Å²) in [6, 6.07) is 8.83. The fourth-order valence-corrected chi connectivity index (χ4v) is 4.90. The van der Waals surface area contributed by atoms with Crippen LogP contribution in [0, 0.1) is 0 Å². The molecule has 1 aromatic carbocycles. The lowest BCUT2D eigenvalue weighted by molar-refractivity contribution is -0.153. The van der Waals surface area contributed by atoms with E-state index in [1.54, 1.807) is 0 Å². The normalized spacial score (nSPS) is 18.5. The number of H-pyrrole nitrogens is 1. The van der Waals surface area contributed by atoms with Crippen molar-refractivity contribution >= 4 is 21.8 Å². The van der Waals surface area contributed by atoms with Gasteiger partial charge in [0.15, 0.2) is 11.8 Å². The van der Waals surface area contributed by atoms with Crippen LogP contribution >= 0.6 is 0 Å². The van der Waals surface area contributed by atoms with Gasteiger partial charge in [0, 0.05) is 11.8 Å². The summed E-state index contributed by atoms with van der Waals surface area (Å²) in [4.78, 5) is 11.9. The number of fused-ring (bicyclic) bond motifs is 2. The van der Waals surface area contributed by atoms with Crippen LogP contribution in [-0.4, -0.2) is 31.9 Å². The first-order valence-corrected chi connectivity index (χ1v) is 10.2. The number of aromatic amines is 1. The molecule has 1 aliphatic carbocycles. The molecular weight excluding hydrogens is 391 g/mol. The lowest BCUT2D eigenvalue weighted by Crippen LogP contribution is -2.20. The van der Waals surface area contributed by atoms with Crippen LogP contribution in [0.15, 0.2) is 41.7 Å². The first-order chi connectivity index (χ1) is 13.4. The average molecular weight is 409 g/mol. The molecule has 2 heterocycles. The first kappa shape index (κ1) is 18.9. The number of imidazole rings is 1. The number of para-hydroxylation sites is 2. The molecule has 1 aliphatic rings. The number of nitrogens with zero attached hydrogens (tertiary/aromatic N) is 2. The molecule has 3 aromatic rings. The lowest BCUT2D eigenvalue weighted by Gasteiger charge is -2.18. The van der Waals surface area contributed by atoms with Crippen LogP contribution < -0.4 is 4.74 Å². The summed E-state index contributed by atoms with van der Waals surface area (Å²) in [5, 5.41) is -0.102. The molecule has 9 heteroatoms. The van der Waals surface area contributed by atoms with E-state index in [-0.39, 0.29) is 5.75 Å². The number of benzene rings is 1. The van der Waals surface area contributed by atoms with Crippen molar-refractivity contribution in [2.45, 2.75) is 42.3 Å². The van der Waals surface area contributed by atoms with E-state index in [1.807, 2.05) is 24.3 Å². The van der Waals surface area contributed by atoms with Gasteiger partial charge < -0.3 is 9.72 Å². The Morgan fingerprint density at radius 1 is 1.21 bits per heavy atom. The maximum absolute atomic E-state index is 13.3. The van der Waals surface area contributed by atoms with Crippen molar-refractivity contribution in [2.75, 3.05) is 6.61 Å². The number of hydrogen-bond donors (Lipinski definition) is 1. The Bertz CT molecular complexity index is 986. The van der Waals surface area contributed by atoms with Crippen LogP contribution in [0.4, 0.5) is 13.2 Å². The molecule has 0 saturated heterocycles. The highest BCUT2D eigenvalue weighted by molar-refractivity contribution is 7.85. The Balaban J connectivity index is 1.68. The van der Waals surface area contributed by atoms with Crippen molar-refractivity contribution in [1.82, 2.24) is 15.0 Å². The average Bonchev–Trinajstić information content (AvgIpc) is 2.98. The van der Waals surface area contributed by atoms with Crippen LogP contribution in [0.3, 0.4) is 0 Å². The third-order valence-corrected chi connectivity index (χ3v) is 6.25. The van der Waals surface area contributed by atoms with Crippen molar-refractivity contribution in [3.63, 3.8) is 0 Å². The zero-order chi connectivity index (χ0) is 19.7. The van der Waals surface area contributed by atoms with Crippen molar-refractivity contribution < 1.29 is 22.1 Å². The Hall–Kier alpha value is -2.42. The zero-order valence-corrected chi connectivity index (χ0v) is 15.6. The van der Waals surface area contributed by atoms with Gasteiger partial charge in [-0.1, -0.05) is 18.6 Å². The summed E-state index contributed by atoms with van der Waals surface area (Å²) >= 11 is 0. The fourth-order valence-electron chi connectivity index (χ4n) is 3.45. The first-order valence-electron chi connectivity index (χ1n) is 8.95. The molecule has 0 spiro atoms. The van der Waals surface area contributed by atoms with Gasteiger partial charge in [0.25, 0.3) is 0 Å². The number of alkyl halides is 3. The van der Waals surface area contributed by atoms with E-state index < -0.39 is 28.8 Å². The quantitative estimate of drug-likeness (QED) is 0.646. The summed E-state index contributed by atoms with van der Waals surface area (Å²) < 4.78 is 56.0. The van der Waals surface area contributed by atoms with Gasteiger partial charge in [-0.15, -0.1) is 0 Å². The van der Waals surface area contributed by atoms with Crippen LogP contribution in [0.2, 0.25) is 0 Å². The molecule has 2 atom stereocenters. The molecular formula is C19H18F3N3O2S. The van der Waals surface area contributed by atoms with Crippen molar-refractivity contribution in [3.8, 4) is 5.75 Å². The van der Waals surface area contributed by atoms with E-state index in [4.69, 9.17) is 4.74 Å².